The highest BCUT2D eigenvalue weighted by Crippen LogP contribution is 2.24. The van der Waals surface area contributed by atoms with E-state index in [2.05, 4.69) is 23.8 Å². The van der Waals surface area contributed by atoms with Crippen molar-refractivity contribution in [2.75, 3.05) is 32.8 Å². The fourth-order valence-electron chi connectivity index (χ4n) is 3.44. The molecule has 1 aliphatic rings. The molecule has 0 radical (unpaired) electrons. The third kappa shape index (κ3) is 3.75. The molecule has 3 rings (SSSR count). The first-order valence-electron chi connectivity index (χ1n) is 9.49. The van der Waals surface area contributed by atoms with E-state index in [1.807, 2.05) is 42.2 Å². The highest BCUT2D eigenvalue weighted by Gasteiger charge is 2.32. The lowest BCUT2D eigenvalue weighted by Crippen LogP contribution is -2.54. The van der Waals surface area contributed by atoms with E-state index in [4.69, 9.17) is 4.74 Å². The average Bonchev–Trinajstić information content (AvgIpc) is 3.12. The van der Waals surface area contributed by atoms with Gasteiger partial charge in [0.25, 0.3) is 5.91 Å². The Kier molecular flexibility index (Phi) is 5.93. The number of amides is 1. The summed E-state index contributed by atoms with van der Waals surface area (Å²) in [6.07, 6.45) is 2.74. The molecule has 6 nitrogen and oxygen atoms in total. The average molecular weight is 356 g/mol. The maximum absolute atomic E-state index is 13.3. The van der Waals surface area contributed by atoms with Crippen molar-refractivity contribution in [3.8, 4) is 11.4 Å². The Hall–Kier alpha value is -2.34. The van der Waals surface area contributed by atoms with Crippen LogP contribution in [-0.2, 0) is 0 Å². The van der Waals surface area contributed by atoms with Crippen molar-refractivity contribution in [3.05, 3.63) is 42.2 Å². The Morgan fingerprint density at radius 2 is 1.96 bits per heavy atom. The third-order valence-corrected chi connectivity index (χ3v) is 4.95. The SMILES string of the molecule is CCOc1cn(-c2ccccc2)nc1C(=O)N1CCN(CC)CC1CC. The van der Waals surface area contributed by atoms with Crippen LogP contribution in [0.1, 0.15) is 37.7 Å². The Morgan fingerprint density at radius 3 is 2.62 bits per heavy atom. The molecular formula is C20H28N4O2. The lowest BCUT2D eigenvalue weighted by Gasteiger charge is -2.40. The topological polar surface area (TPSA) is 50.6 Å². The van der Waals surface area contributed by atoms with Crippen LogP contribution in [0, 0.1) is 0 Å². The highest BCUT2D eigenvalue weighted by atomic mass is 16.5. The smallest absolute Gasteiger partial charge is 0.278 e. The number of carbonyl (C=O) groups excluding carboxylic acids is 1. The molecule has 0 N–H and O–H groups in total. The quantitative estimate of drug-likeness (QED) is 0.799. The second-order valence-corrected chi connectivity index (χ2v) is 6.51. The van der Waals surface area contributed by atoms with Crippen LogP contribution >= 0.6 is 0 Å². The van der Waals surface area contributed by atoms with Gasteiger partial charge in [0.15, 0.2) is 11.4 Å². The minimum absolute atomic E-state index is 0.0364. The fourth-order valence-corrected chi connectivity index (χ4v) is 3.44. The molecular weight excluding hydrogens is 328 g/mol. The van der Waals surface area contributed by atoms with E-state index in [-0.39, 0.29) is 11.9 Å². The van der Waals surface area contributed by atoms with Gasteiger partial charge in [0.2, 0.25) is 0 Å². The van der Waals surface area contributed by atoms with Crippen LogP contribution in [0.3, 0.4) is 0 Å². The molecule has 140 valence electrons. The summed E-state index contributed by atoms with van der Waals surface area (Å²) in [4.78, 5) is 17.6. The molecule has 1 saturated heterocycles. The van der Waals surface area contributed by atoms with Crippen molar-refractivity contribution < 1.29 is 9.53 Å². The monoisotopic (exact) mass is 356 g/mol. The number of benzene rings is 1. The number of likely N-dealkylation sites (N-methyl/N-ethyl adjacent to an activating group) is 1. The fraction of sp³-hybridized carbons (Fsp3) is 0.500. The molecule has 0 bridgehead atoms. The molecule has 0 aliphatic carbocycles. The van der Waals surface area contributed by atoms with E-state index in [1.54, 1.807) is 10.9 Å². The predicted octanol–water partition coefficient (Wildman–Crippen LogP) is 2.83. The minimum Gasteiger partial charge on any atom is -0.490 e. The van der Waals surface area contributed by atoms with Gasteiger partial charge in [-0.15, -0.1) is 0 Å². The van der Waals surface area contributed by atoms with Gasteiger partial charge in [-0.3, -0.25) is 9.69 Å². The van der Waals surface area contributed by atoms with Gasteiger partial charge in [0.1, 0.15) is 0 Å². The number of nitrogens with zero attached hydrogens (tertiary/aromatic N) is 4. The molecule has 1 fully saturated rings. The zero-order valence-electron chi connectivity index (χ0n) is 15.9. The highest BCUT2D eigenvalue weighted by molar-refractivity contribution is 5.95. The van der Waals surface area contributed by atoms with Crippen LogP contribution in [0.2, 0.25) is 0 Å². The summed E-state index contributed by atoms with van der Waals surface area (Å²) in [5, 5.41) is 4.57. The molecule has 1 unspecified atom stereocenters. The van der Waals surface area contributed by atoms with Crippen molar-refractivity contribution in [2.24, 2.45) is 0 Å². The summed E-state index contributed by atoms with van der Waals surface area (Å²) in [7, 11) is 0. The van der Waals surface area contributed by atoms with Gasteiger partial charge < -0.3 is 9.64 Å². The molecule has 1 amide bonds. The van der Waals surface area contributed by atoms with Crippen LogP contribution in [0.5, 0.6) is 5.75 Å². The first-order valence-corrected chi connectivity index (χ1v) is 9.49. The Morgan fingerprint density at radius 1 is 1.19 bits per heavy atom. The number of para-hydroxylation sites is 1. The number of hydrogen-bond donors (Lipinski definition) is 0. The van der Waals surface area contributed by atoms with E-state index in [0.717, 1.165) is 38.3 Å². The third-order valence-electron chi connectivity index (χ3n) is 4.95. The molecule has 6 heteroatoms. The summed E-state index contributed by atoms with van der Waals surface area (Å²) < 4.78 is 7.44. The Labute approximate surface area is 155 Å². The first-order chi connectivity index (χ1) is 12.7. The molecule has 1 aromatic carbocycles. The van der Waals surface area contributed by atoms with Crippen LogP contribution < -0.4 is 4.74 Å². The van der Waals surface area contributed by atoms with E-state index in [0.29, 0.717) is 18.1 Å². The van der Waals surface area contributed by atoms with Crippen molar-refractivity contribution in [3.63, 3.8) is 0 Å². The van der Waals surface area contributed by atoms with Gasteiger partial charge in [0.05, 0.1) is 18.5 Å². The molecule has 26 heavy (non-hydrogen) atoms. The van der Waals surface area contributed by atoms with E-state index in [9.17, 15) is 4.79 Å². The maximum Gasteiger partial charge on any atom is 0.278 e. The number of piperazine rings is 1. The van der Waals surface area contributed by atoms with Crippen molar-refractivity contribution in [1.29, 1.82) is 0 Å². The number of rotatable bonds is 6. The summed E-state index contributed by atoms with van der Waals surface area (Å²) in [6.45, 7) is 10.3. The largest absolute Gasteiger partial charge is 0.490 e. The van der Waals surface area contributed by atoms with Crippen LogP contribution in [0.4, 0.5) is 0 Å². The van der Waals surface area contributed by atoms with Crippen LogP contribution in [0.15, 0.2) is 36.5 Å². The summed E-state index contributed by atoms with van der Waals surface area (Å²) in [5.74, 6) is 0.514. The molecule has 0 saturated carbocycles. The zero-order chi connectivity index (χ0) is 18.5. The van der Waals surface area contributed by atoms with Gasteiger partial charge in [-0.05, 0) is 32.0 Å². The number of ether oxygens (including phenoxy) is 1. The molecule has 0 spiro atoms. The molecule has 1 atom stereocenters. The second-order valence-electron chi connectivity index (χ2n) is 6.51. The van der Waals surface area contributed by atoms with E-state index >= 15 is 0 Å². The van der Waals surface area contributed by atoms with Gasteiger partial charge in [-0.25, -0.2) is 4.68 Å². The Bertz CT molecular complexity index is 729. The van der Waals surface area contributed by atoms with Crippen LogP contribution in [-0.4, -0.2) is 64.3 Å². The summed E-state index contributed by atoms with van der Waals surface area (Å²) in [6, 6.07) is 10.0. The summed E-state index contributed by atoms with van der Waals surface area (Å²) in [5.41, 5.74) is 1.31. The second kappa shape index (κ2) is 8.36. The lowest BCUT2D eigenvalue weighted by molar-refractivity contribution is 0.0447. The molecule has 2 heterocycles. The number of aromatic nitrogens is 2. The van der Waals surface area contributed by atoms with Gasteiger partial charge in [-0.1, -0.05) is 32.0 Å². The molecule has 1 aromatic heterocycles. The van der Waals surface area contributed by atoms with E-state index in [1.165, 1.54) is 0 Å². The normalized spacial score (nSPS) is 18.1. The summed E-state index contributed by atoms with van der Waals surface area (Å²) >= 11 is 0. The molecule has 1 aliphatic heterocycles. The first kappa shape index (κ1) is 18.5. The Balaban J connectivity index is 1.89. The lowest BCUT2D eigenvalue weighted by atomic mass is 10.1. The minimum atomic E-state index is -0.0364. The van der Waals surface area contributed by atoms with Gasteiger partial charge >= 0.3 is 0 Å². The standard InChI is InChI=1S/C20H28N4O2/c1-4-16-14-22(5-2)12-13-23(16)20(25)19-18(26-6-3)15-24(21-19)17-10-8-7-9-11-17/h7-11,15-16H,4-6,12-14H2,1-3H3. The van der Waals surface area contributed by atoms with E-state index < -0.39 is 0 Å². The molecule has 2 aromatic rings. The van der Waals surface area contributed by atoms with Gasteiger partial charge in [-0.2, -0.15) is 5.10 Å². The zero-order valence-corrected chi connectivity index (χ0v) is 15.9. The van der Waals surface area contributed by atoms with Gasteiger partial charge in [0, 0.05) is 25.7 Å². The predicted molar refractivity (Wildman–Crippen MR) is 102 cm³/mol. The number of hydrogen-bond acceptors (Lipinski definition) is 4. The van der Waals surface area contributed by atoms with Crippen molar-refractivity contribution in [1.82, 2.24) is 19.6 Å². The number of carbonyl (C=O) groups is 1. The van der Waals surface area contributed by atoms with Crippen LogP contribution in [0.25, 0.3) is 5.69 Å². The maximum atomic E-state index is 13.3. The van der Waals surface area contributed by atoms with Crippen molar-refractivity contribution in [2.45, 2.75) is 33.2 Å². The van der Waals surface area contributed by atoms with Crippen molar-refractivity contribution >= 4 is 5.91 Å².